The first-order chi connectivity index (χ1) is 10.7. The molecule has 0 aliphatic carbocycles. The van der Waals surface area contributed by atoms with Crippen molar-refractivity contribution < 1.29 is 27.8 Å². The molecule has 1 aromatic rings. The topological polar surface area (TPSA) is 102 Å². The zero-order chi connectivity index (χ0) is 17.6. The Balaban J connectivity index is 3.06. The molecule has 1 unspecified atom stereocenters. The third kappa shape index (κ3) is 5.11. The van der Waals surface area contributed by atoms with Gasteiger partial charge in [-0.3, -0.25) is 4.79 Å². The molecule has 0 aromatic heterocycles. The summed E-state index contributed by atoms with van der Waals surface area (Å²) in [7, 11) is -1.27. The van der Waals surface area contributed by atoms with E-state index in [2.05, 4.69) is 4.72 Å². The van der Waals surface area contributed by atoms with Crippen LogP contribution in [0, 0.1) is 11.8 Å². The Morgan fingerprint density at radius 1 is 1.22 bits per heavy atom. The summed E-state index contributed by atoms with van der Waals surface area (Å²) in [5.41, 5.74) is 0. The fourth-order valence-electron chi connectivity index (χ4n) is 2.21. The number of nitrogens with one attached hydrogen (secondary N) is 1. The number of ether oxygens (including phenoxy) is 2. The average molecular weight is 345 g/mol. The Morgan fingerprint density at radius 3 is 2.13 bits per heavy atom. The van der Waals surface area contributed by atoms with Crippen molar-refractivity contribution in [3.8, 4) is 11.5 Å². The maximum absolute atomic E-state index is 12.5. The molecule has 0 heterocycles. The molecule has 1 atom stereocenters. The lowest BCUT2D eigenvalue weighted by atomic mass is 9.98. The van der Waals surface area contributed by atoms with E-state index in [0.29, 0.717) is 6.42 Å². The van der Waals surface area contributed by atoms with Gasteiger partial charge in [0.2, 0.25) is 10.0 Å². The molecule has 0 saturated heterocycles. The van der Waals surface area contributed by atoms with E-state index in [9.17, 15) is 18.3 Å². The number of rotatable bonds is 9. The maximum atomic E-state index is 12.5. The molecule has 0 radical (unpaired) electrons. The van der Waals surface area contributed by atoms with Gasteiger partial charge >= 0.3 is 5.97 Å². The van der Waals surface area contributed by atoms with E-state index in [-0.39, 0.29) is 28.9 Å². The smallest absolute Gasteiger partial charge is 0.307 e. The molecule has 0 aliphatic rings. The monoisotopic (exact) mass is 345 g/mol. The lowest BCUT2D eigenvalue weighted by molar-refractivity contribution is -0.142. The van der Waals surface area contributed by atoms with Gasteiger partial charge in [0.05, 0.1) is 20.1 Å². The zero-order valence-corrected chi connectivity index (χ0v) is 14.5. The van der Waals surface area contributed by atoms with Crippen molar-refractivity contribution in [1.29, 1.82) is 0 Å². The number of carboxylic acid groups (broad SMARTS) is 1. The highest BCUT2D eigenvalue weighted by molar-refractivity contribution is 7.89. The van der Waals surface area contributed by atoms with Gasteiger partial charge < -0.3 is 14.6 Å². The van der Waals surface area contributed by atoms with E-state index in [0.717, 1.165) is 0 Å². The van der Waals surface area contributed by atoms with Crippen LogP contribution in [0.15, 0.2) is 23.1 Å². The summed E-state index contributed by atoms with van der Waals surface area (Å²) in [6.07, 6.45) is 0.376. The first-order valence-electron chi connectivity index (χ1n) is 7.16. The molecule has 0 bridgehead atoms. The van der Waals surface area contributed by atoms with Gasteiger partial charge in [-0.2, -0.15) is 0 Å². The number of methoxy groups -OCH3 is 2. The Labute approximate surface area is 136 Å². The van der Waals surface area contributed by atoms with Gasteiger partial charge in [-0.25, -0.2) is 13.1 Å². The first-order valence-corrected chi connectivity index (χ1v) is 8.64. The Bertz CT molecular complexity index is 619. The summed E-state index contributed by atoms with van der Waals surface area (Å²) in [6, 6.07) is 4.61. The summed E-state index contributed by atoms with van der Waals surface area (Å²) < 4.78 is 37.6. The van der Waals surface area contributed by atoms with Crippen LogP contribution >= 0.6 is 0 Å². The third-order valence-electron chi connectivity index (χ3n) is 3.28. The van der Waals surface area contributed by atoms with Gasteiger partial charge in [-0.15, -0.1) is 0 Å². The fourth-order valence-corrected chi connectivity index (χ4v) is 3.60. The van der Waals surface area contributed by atoms with Crippen molar-refractivity contribution in [3.63, 3.8) is 0 Å². The first kappa shape index (κ1) is 19.2. The van der Waals surface area contributed by atoms with E-state index in [1.807, 2.05) is 13.8 Å². The van der Waals surface area contributed by atoms with Crippen LogP contribution < -0.4 is 14.2 Å². The van der Waals surface area contributed by atoms with Crippen molar-refractivity contribution >= 4 is 16.0 Å². The second-order valence-corrected chi connectivity index (χ2v) is 7.21. The molecule has 130 valence electrons. The number of carboxylic acids is 1. The predicted octanol–water partition coefficient (Wildman–Crippen LogP) is 1.73. The number of aliphatic carboxylic acids is 1. The Kier molecular flexibility index (Phi) is 6.83. The second kappa shape index (κ2) is 8.16. The summed E-state index contributed by atoms with van der Waals surface area (Å²) in [6.45, 7) is 3.57. The molecule has 0 amide bonds. The van der Waals surface area contributed by atoms with Crippen LogP contribution in [0.4, 0.5) is 0 Å². The normalized spacial score (nSPS) is 12.9. The average Bonchev–Trinajstić information content (AvgIpc) is 2.49. The van der Waals surface area contributed by atoms with Gasteiger partial charge in [-0.1, -0.05) is 19.9 Å². The van der Waals surface area contributed by atoms with Crippen LogP contribution in [0.5, 0.6) is 11.5 Å². The number of benzene rings is 1. The molecule has 23 heavy (non-hydrogen) atoms. The summed E-state index contributed by atoms with van der Waals surface area (Å²) >= 11 is 0. The fraction of sp³-hybridized carbons (Fsp3) is 0.533. The van der Waals surface area contributed by atoms with Crippen molar-refractivity contribution in [1.82, 2.24) is 4.72 Å². The standard InChI is InChI=1S/C15H23NO6S/c1-10(2)8-11(15(17)18)9-16-23(19,20)14-12(21-3)6-5-7-13(14)22-4/h5-7,10-11,16H,8-9H2,1-4H3,(H,17,18). The van der Waals surface area contributed by atoms with E-state index < -0.39 is 21.9 Å². The zero-order valence-electron chi connectivity index (χ0n) is 13.7. The number of hydrogen-bond acceptors (Lipinski definition) is 5. The molecule has 0 aliphatic heterocycles. The van der Waals surface area contributed by atoms with E-state index in [4.69, 9.17) is 9.47 Å². The second-order valence-electron chi connectivity index (χ2n) is 5.51. The van der Waals surface area contributed by atoms with E-state index in [1.165, 1.54) is 26.4 Å². The highest BCUT2D eigenvalue weighted by Crippen LogP contribution is 2.32. The number of hydrogen-bond donors (Lipinski definition) is 2. The quantitative estimate of drug-likeness (QED) is 0.707. The SMILES string of the molecule is COc1cccc(OC)c1S(=O)(=O)NCC(CC(C)C)C(=O)O. The molecule has 1 aromatic carbocycles. The minimum atomic E-state index is -3.97. The van der Waals surface area contributed by atoms with Crippen LogP contribution in [0.1, 0.15) is 20.3 Å². The number of sulfonamides is 1. The van der Waals surface area contributed by atoms with Gasteiger partial charge in [0, 0.05) is 6.54 Å². The van der Waals surface area contributed by atoms with Crippen LogP contribution in [-0.2, 0) is 14.8 Å². The highest BCUT2D eigenvalue weighted by atomic mass is 32.2. The van der Waals surface area contributed by atoms with E-state index in [1.54, 1.807) is 6.07 Å². The molecule has 8 heteroatoms. The van der Waals surface area contributed by atoms with Gasteiger partial charge in [0.25, 0.3) is 0 Å². The summed E-state index contributed by atoms with van der Waals surface area (Å²) in [4.78, 5) is 11.1. The van der Waals surface area contributed by atoms with Gasteiger partial charge in [0.1, 0.15) is 11.5 Å². The van der Waals surface area contributed by atoms with E-state index >= 15 is 0 Å². The van der Waals surface area contributed by atoms with Crippen LogP contribution in [-0.4, -0.2) is 40.3 Å². The molecule has 7 nitrogen and oxygen atoms in total. The Hall–Kier alpha value is -1.80. The predicted molar refractivity (Wildman–Crippen MR) is 85.3 cm³/mol. The molecular weight excluding hydrogens is 322 g/mol. The van der Waals surface area contributed by atoms with Gasteiger partial charge in [-0.05, 0) is 24.5 Å². The van der Waals surface area contributed by atoms with Crippen LogP contribution in [0.2, 0.25) is 0 Å². The lowest BCUT2D eigenvalue weighted by Crippen LogP contribution is -2.34. The van der Waals surface area contributed by atoms with Crippen LogP contribution in [0.3, 0.4) is 0 Å². The highest BCUT2D eigenvalue weighted by Gasteiger charge is 2.27. The largest absolute Gasteiger partial charge is 0.495 e. The van der Waals surface area contributed by atoms with Gasteiger partial charge in [0.15, 0.2) is 4.90 Å². The lowest BCUT2D eigenvalue weighted by Gasteiger charge is -2.17. The Morgan fingerprint density at radius 2 is 1.74 bits per heavy atom. The van der Waals surface area contributed by atoms with Crippen LogP contribution in [0.25, 0.3) is 0 Å². The molecule has 0 fully saturated rings. The van der Waals surface area contributed by atoms with Crippen molar-refractivity contribution in [2.24, 2.45) is 11.8 Å². The third-order valence-corrected chi connectivity index (χ3v) is 4.76. The minimum Gasteiger partial charge on any atom is -0.495 e. The van der Waals surface area contributed by atoms with Crippen molar-refractivity contribution in [3.05, 3.63) is 18.2 Å². The molecule has 0 spiro atoms. The molecule has 1 rings (SSSR count). The molecule has 2 N–H and O–H groups in total. The maximum Gasteiger partial charge on any atom is 0.307 e. The molecule has 0 saturated carbocycles. The molecular formula is C15H23NO6S. The van der Waals surface area contributed by atoms with Crippen molar-refractivity contribution in [2.45, 2.75) is 25.2 Å². The number of carbonyl (C=O) groups is 1. The van der Waals surface area contributed by atoms with Crippen molar-refractivity contribution in [2.75, 3.05) is 20.8 Å². The minimum absolute atomic E-state index is 0.132. The summed E-state index contributed by atoms with van der Waals surface area (Å²) in [5.74, 6) is -1.43. The summed E-state index contributed by atoms with van der Waals surface area (Å²) in [5, 5.41) is 9.21.